The molecule has 2 rings (SSSR count). The Morgan fingerprint density at radius 2 is 1.82 bits per heavy atom. The van der Waals surface area contributed by atoms with Gasteiger partial charge in [-0.3, -0.25) is 11.3 Å². The molecule has 0 saturated heterocycles. The van der Waals surface area contributed by atoms with Gasteiger partial charge in [0.1, 0.15) is 0 Å². The van der Waals surface area contributed by atoms with E-state index in [2.05, 4.69) is 5.43 Å². The van der Waals surface area contributed by atoms with Gasteiger partial charge < -0.3 is 4.74 Å². The Kier molecular flexibility index (Phi) is 5.33. The van der Waals surface area contributed by atoms with E-state index in [1.165, 1.54) is 50.5 Å². The van der Waals surface area contributed by atoms with Crippen LogP contribution in [0.3, 0.4) is 0 Å². The molecule has 1 fully saturated rings. The van der Waals surface area contributed by atoms with Crippen LogP contribution >= 0.6 is 0 Å². The molecule has 0 bridgehead atoms. The number of hydrogen-bond acceptors (Lipinski definition) is 3. The van der Waals surface area contributed by atoms with E-state index in [0.717, 1.165) is 19.4 Å². The van der Waals surface area contributed by atoms with Crippen LogP contribution in [0.1, 0.15) is 57.8 Å². The highest BCUT2D eigenvalue weighted by Gasteiger charge is 2.25. The molecule has 0 aromatic heterocycles. The zero-order valence-electron chi connectivity index (χ0n) is 10.8. The van der Waals surface area contributed by atoms with Gasteiger partial charge in [0.05, 0.1) is 12.9 Å². The summed E-state index contributed by atoms with van der Waals surface area (Å²) in [5.41, 5.74) is 4.42. The summed E-state index contributed by atoms with van der Waals surface area (Å²) in [4.78, 5) is 0. The molecular weight excluding hydrogens is 212 g/mol. The van der Waals surface area contributed by atoms with Crippen molar-refractivity contribution in [3.05, 3.63) is 11.8 Å². The van der Waals surface area contributed by atoms with Crippen LogP contribution in [0.15, 0.2) is 11.8 Å². The summed E-state index contributed by atoms with van der Waals surface area (Å²) in [5.74, 6) is 6.48. The molecule has 17 heavy (non-hydrogen) atoms. The molecule has 0 spiro atoms. The summed E-state index contributed by atoms with van der Waals surface area (Å²) in [5, 5.41) is 0. The second kappa shape index (κ2) is 7.02. The average molecular weight is 238 g/mol. The average Bonchev–Trinajstić information content (AvgIpc) is 2.34. The van der Waals surface area contributed by atoms with Gasteiger partial charge >= 0.3 is 0 Å². The van der Waals surface area contributed by atoms with Gasteiger partial charge in [-0.2, -0.15) is 0 Å². The Morgan fingerprint density at radius 1 is 1.12 bits per heavy atom. The maximum absolute atomic E-state index is 5.78. The minimum atomic E-state index is 0.341. The molecule has 98 valence electrons. The molecule has 1 heterocycles. The van der Waals surface area contributed by atoms with Crippen LogP contribution in [0.2, 0.25) is 0 Å². The van der Waals surface area contributed by atoms with Crippen molar-refractivity contribution in [2.75, 3.05) is 6.61 Å². The van der Waals surface area contributed by atoms with Crippen molar-refractivity contribution in [3.8, 4) is 0 Å². The first-order chi connectivity index (χ1) is 8.42. The fraction of sp³-hybridized carbons (Fsp3) is 0.857. The van der Waals surface area contributed by atoms with Crippen LogP contribution in [0.4, 0.5) is 0 Å². The van der Waals surface area contributed by atoms with Crippen molar-refractivity contribution in [1.82, 2.24) is 5.43 Å². The molecule has 3 nitrogen and oxygen atoms in total. The maximum atomic E-state index is 5.78. The summed E-state index contributed by atoms with van der Waals surface area (Å²) in [6.07, 6.45) is 13.8. The van der Waals surface area contributed by atoms with Crippen LogP contribution in [-0.4, -0.2) is 12.6 Å². The number of hydrazine groups is 1. The molecule has 1 aliphatic carbocycles. The van der Waals surface area contributed by atoms with E-state index >= 15 is 0 Å². The zero-order valence-corrected chi connectivity index (χ0v) is 10.8. The van der Waals surface area contributed by atoms with Crippen LogP contribution in [0.25, 0.3) is 0 Å². The van der Waals surface area contributed by atoms with Gasteiger partial charge in [-0.25, -0.2) is 0 Å². The number of ether oxygens (including phenoxy) is 1. The Labute approximate surface area is 105 Å². The summed E-state index contributed by atoms with van der Waals surface area (Å²) < 4.78 is 5.45. The molecule has 0 radical (unpaired) electrons. The van der Waals surface area contributed by atoms with Crippen LogP contribution in [0.5, 0.6) is 0 Å². The van der Waals surface area contributed by atoms with Gasteiger partial charge in [-0.05, 0) is 37.2 Å². The third-order valence-corrected chi connectivity index (χ3v) is 4.16. The van der Waals surface area contributed by atoms with E-state index in [1.54, 1.807) is 0 Å². The lowest BCUT2D eigenvalue weighted by atomic mass is 9.82. The van der Waals surface area contributed by atoms with Crippen LogP contribution in [-0.2, 0) is 4.74 Å². The molecular formula is C14H26N2O. The largest absolute Gasteiger partial charge is 0.501 e. The molecule has 0 aromatic carbocycles. The monoisotopic (exact) mass is 238 g/mol. The smallest absolute Gasteiger partial charge is 0.0876 e. The Bertz CT molecular complexity index is 245. The normalized spacial score (nSPS) is 25.4. The lowest BCUT2D eigenvalue weighted by Crippen LogP contribution is -2.43. The number of nitrogens with two attached hydrogens (primary N) is 1. The SMILES string of the molecule is NNC(C1=COCCC1)C1CCCCCCC1. The molecule has 1 unspecified atom stereocenters. The van der Waals surface area contributed by atoms with Gasteiger partial charge in [0.2, 0.25) is 0 Å². The number of rotatable bonds is 3. The highest BCUT2D eigenvalue weighted by Crippen LogP contribution is 2.30. The second-order valence-electron chi connectivity index (χ2n) is 5.42. The predicted molar refractivity (Wildman–Crippen MR) is 70.2 cm³/mol. The molecule has 3 heteroatoms. The van der Waals surface area contributed by atoms with Crippen molar-refractivity contribution < 1.29 is 4.74 Å². The zero-order chi connectivity index (χ0) is 11.9. The fourth-order valence-electron chi connectivity index (χ4n) is 3.18. The minimum Gasteiger partial charge on any atom is -0.501 e. The van der Waals surface area contributed by atoms with E-state index in [0.29, 0.717) is 12.0 Å². The highest BCUT2D eigenvalue weighted by molar-refractivity contribution is 5.11. The molecule has 2 aliphatic rings. The van der Waals surface area contributed by atoms with Crippen molar-refractivity contribution in [2.24, 2.45) is 11.8 Å². The van der Waals surface area contributed by atoms with Crippen LogP contribution in [0, 0.1) is 5.92 Å². The Hall–Kier alpha value is -0.540. The molecule has 1 atom stereocenters. The van der Waals surface area contributed by atoms with E-state index in [-0.39, 0.29) is 0 Å². The van der Waals surface area contributed by atoms with Crippen molar-refractivity contribution >= 4 is 0 Å². The first-order valence-corrected chi connectivity index (χ1v) is 7.18. The topological polar surface area (TPSA) is 47.3 Å². The predicted octanol–water partition coefficient (Wildman–Crippen LogP) is 2.87. The molecule has 1 aliphatic heterocycles. The first kappa shape index (κ1) is 12.9. The van der Waals surface area contributed by atoms with Gasteiger partial charge in [0, 0.05) is 6.04 Å². The van der Waals surface area contributed by atoms with Crippen molar-refractivity contribution in [2.45, 2.75) is 63.8 Å². The summed E-state index contributed by atoms with van der Waals surface area (Å²) >= 11 is 0. The molecule has 0 amide bonds. The van der Waals surface area contributed by atoms with Gasteiger partial charge in [-0.15, -0.1) is 0 Å². The summed E-state index contributed by atoms with van der Waals surface area (Å²) in [6, 6.07) is 0.341. The molecule has 0 aromatic rings. The number of nitrogens with one attached hydrogen (secondary N) is 1. The third kappa shape index (κ3) is 3.71. The van der Waals surface area contributed by atoms with E-state index in [9.17, 15) is 0 Å². The lowest BCUT2D eigenvalue weighted by Gasteiger charge is -2.31. The Balaban J connectivity index is 1.97. The molecule has 3 N–H and O–H groups in total. The van der Waals surface area contributed by atoms with Gasteiger partial charge in [-0.1, -0.05) is 32.1 Å². The quantitative estimate of drug-likeness (QED) is 0.587. The van der Waals surface area contributed by atoms with Crippen LogP contribution < -0.4 is 11.3 Å². The first-order valence-electron chi connectivity index (χ1n) is 7.18. The minimum absolute atomic E-state index is 0.341. The summed E-state index contributed by atoms with van der Waals surface area (Å²) in [6.45, 7) is 0.867. The van der Waals surface area contributed by atoms with Gasteiger partial charge in [0.25, 0.3) is 0 Å². The Morgan fingerprint density at radius 3 is 2.41 bits per heavy atom. The fourth-order valence-corrected chi connectivity index (χ4v) is 3.18. The van der Waals surface area contributed by atoms with E-state index < -0.39 is 0 Å². The van der Waals surface area contributed by atoms with E-state index in [4.69, 9.17) is 10.6 Å². The highest BCUT2D eigenvalue weighted by atomic mass is 16.5. The van der Waals surface area contributed by atoms with Gasteiger partial charge in [0.15, 0.2) is 0 Å². The second-order valence-corrected chi connectivity index (χ2v) is 5.42. The standard InChI is InChI=1S/C14H26N2O/c15-16-14(13-9-6-10-17-11-13)12-7-4-2-1-3-5-8-12/h11-12,14,16H,1-10,15H2. The van der Waals surface area contributed by atoms with E-state index in [1.807, 2.05) is 6.26 Å². The lowest BCUT2D eigenvalue weighted by molar-refractivity contribution is 0.209. The summed E-state index contributed by atoms with van der Waals surface area (Å²) in [7, 11) is 0. The number of hydrogen-bond donors (Lipinski definition) is 2. The molecule has 1 saturated carbocycles. The van der Waals surface area contributed by atoms with Crippen molar-refractivity contribution in [3.63, 3.8) is 0 Å². The third-order valence-electron chi connectivity index (χ3n) is 4.16. The van der Waals surface area contributed by atoms with Crippen molar-refractivity contribution in [1.29, 1.82) is 0 Å². The maximum Gasteiger partial charge on any atom is 0.0876 e.